The second-order valence-electron chi connectivity index (χ2n) is 8.45. The van der Waals surface area contributed by atoms with Crippen molar-refractivity contribution in [3.63, 3.8) is 0 Å². The zero-order valence-electron chi connectivity index (χ0n) is 17.8. The molecule has 4 aromatic carbocycles. The fraction of sp³-hybridized carbons (Fsp3) is 0.138. The van der Waals surface area contributed by atoms with Gasteiger partial charge in [-0.1, -0.05) is 78.9 Å². The van der Waals surface area contributed by atoms with Crippen LogP contribution in [0.4, 0.5) is 0 Å². The molecule has 0 aliphatic rings. The van der Waals surface area contributed by atoms with Crippen LogP contribution in [0.1, 0.15) is 28.5 Å². The third-order valence-electron chi connectivity index (χ3n) is 6.37. The Morgan fingerprint density at radius 2 is 1.50 bits per heavy atom. The fourth-order valence-corrected chi connectivity index (χ4v) is 5.92. The highest BCUT2D eigenvalue weighted by Crippen LogP contribution is 2.36. The lowest BCUT2D eigenvalue weighted by molar-refractivity contribution is 0.620. The quantitative estimate of drug-likeness (QED) is 0.285. The summed E-state index contributed by atoms with van der Waals surface area (Å²) in [6.45, 7) is 0. The van der Waals surface area contributed by atoms with Crippen molar-refractivity contribution >= 4 is 43.4 Å². The number of aromatic nitrogens is 2. The summed E-state index contributed by atoms with van der Waals surface area (Å²) in [5.41, 5.74) is 6.31. The number of thiazole rings is 1. The molecule has 0 aliphatic carbocycles. The molecule has 0 spiro atoms. The van der Waals surface area contributed by atoms with E-state index in [2.05, 4.69) is 102 Å². The maximum absolute atomic E-state index is 5.03. The summed E-state index contributed by atoms with van der Waals surface area (Å²) < 4.78 is 1.30. The van der Waals surface area contributed by atoms with E-state index in [4.69, 9.17) is 4.98 Å². The molecule has 32 heavy (non-hydrogen) atoms. The number of aromatic amines is 1. The minimum atomic E-state index is 0.485. The third-order valence-corrected chi connectivity index (χ3v) is 7.52. The predicted molar refractivity (Wildman–Crippen MR) is 137 cm³/mol. The second-order valence-corrected chi connectivity index (χ2v) is 9.53. The molecule has 1 unspecified atom stereocenters. The smallest absolute Gasteiger partial charge is 0.0939 e. The van der Waals surface area contributed by atoms with Gasteiger partial charge >= 0.3 is 0 Å². The Hall–Kier alpha value is -3.43. The summed E-state index contributed by atoms with van der Waals surface area (Å²) in [7, 11) is 0. The second kappa shape index (κ2) is 8.25. The van der Waals surface area contributed by atoms with Gasteiger partial charge in [0.25, 0.3) is 0 Å². The average molecular weight is 433 g/mol. The van der Waals surface area contributed by atoms with Gasteiger partial charge in [0.05, 0.1) is 15.2 Å². The van der Waals surface area contributed by atoms with E-state index in [9.17, 15) is 0 Å². The zero-order valence-corrected chi connectivity index (χ0v) is 18.6. The van der Waals surface area contributed by atoms with Crippen molar-refractivity contribution in [2.24, 2.45) is 0 Å². The first-order valence-corrected chi connectivity index (χ1v) is 12.0. The van der Waals surface area contributed by atoms with E-state index in [-0.39, 0.29) is 0 Å². The molecule has 0 saturated carbocycles. The molecule has 0 aliphatic heterocycles. The van der Waals surface area contributed by atoms with Gasteiger partial charge in [0.1, 0.15) is 0 Å². The van der Waals surface area contributed by atoms with Crippen molar-refractivity contribution in [3.8, 4) is 0 Å². The monoisotopic (exact) mass is 432 g/mol. The lowest BCUT2D eigenvalue weighted by Gasteiger charge is -2.17. The highest BCUT2D eigenvalue weighted by atomic mass is 32.1. The van der Waals surface area contributed by atoms with Gasteiger partial charge in [0.15, 0.2) is 0 Å². The van der Waals surface area contributed by atoms with Crippen molar-refractivity contribution in [3.05, 3.63) is 113 Å². The van der Waals surface area contributed by atoms with Crippen LogP contribution in [-0.4, -0.2) is 9.97 Å². The highest BCUT2D eigenvalue weighted by molar-refractivity contribution is 7.19. The molecule has 3 heteroatoms. The number of H-pyrrole nitrogens is 1. The Balaban J connectivity index is 1.33. The fourth-order valence-electron chi connectivity index (χ4n) is 4.78. The van der Waals surface area contributed by atoms with Crippen LogP contribution >= 0.6 is 11.3 Å². The van der Waals surface area contributed by atoms with Crippen LogP contribution in [0.5, 0.6) is 0 Å². The standard InChI is InChI=1S/C29H24N2S/c1-3-9-20(10-4-1)19-22(21-11-5-2-6-12-21)15-18-27-31-26-17-16-25-28(29(26)32-27)23-13-7-8-14-24(23)30-25/h1-14,16-17,22,30H,15,18-19H2. The van der Waals surface area contributed by atoms with E-state index in [0.29, 0.717) is 5.92 Å². The maximum atomic E-state index is 5.03. The molecule has 1 atom stereocenters. The molecule has 0 bridgehead atoms. The van der Waals surface area contributed by atoms with Crippen LogP contribution in [0, 0.1) is 0 Å². The van der Waals surface area contributed by atoms with Crippen LogP contribution in [0.15, 0.2) is 97.1 Å². The third kappa shape index (κ3) is 3.59. The summed E-state index contributed by atoms with van der Waals surface area (Å²) in [5.74, 6) is 0.485. The number of nitrogens with zero attached hydrogens (tertiary/aromatic N) is 1. The molecule has 0 radical (unpaired) electrons. The average Bonchev–Trinajstić information content (AvgIpc) is 3.43. The van der Waals surface area contributed by atoms with Gasteiger partial charge in [0.2, 0.25) is 0 Å². The topological polar surface area (TPSA) is 28.7 Å². The summed E-state index contributed by atoms with van der Waals surface area (Å²) in [6.07, 6.45) is 3.15. The van der Waals surface area contributed by atoms with Gasteiger partial charge in [-0.25, -0.2) is 4.98 Å². The largest absolute Gasteiger partial charge is 0.354 e. The first-order valence-electron chi connectivity index (χ1n) is 11.2. The Morgan fingerprint density at radius 3 is 2.34 bits per heavy atom. The molecular formula is C29H24N2S. The van der Waals surface area contributed by atoms with Crippen molar-refractivity contribution in [1.82, 2.24) is 9.97 Å². The molecule has 6 rings (SSSR count). The lowest BCUT2D eigenvalue weighted by atomic mass is 9.88. The van der Waals surface area contributed by atoms with Crippen molar-refractivity contribution in [2.75, 3.05) is 0 Å². The normalized spacial score (nSPS) is 12.6. The summed E-state index contributed by atoms with van der Waals surface area (Å²) in [5, 5.41) is 3.83. The molecule has 0 amide bonds. The van der Waals surface area contributed by atoms with Gasteiger partial charge in [-0.3, -0.25) is 0 Å². The van der Waals surface area contributed by atoms with E-state index < -0.39 is 0 Å². The number of rotatable bonds is 6. The summed E-state index contributed by atoms with van der Waals surface area (Å²) in [4.78, 5) is 8.58. The minimum Gasteiger partial charge on any atom is -0.354 e. The molecule has 156 valence electrons. The Bertz CT molecular complexity index is 1500. The number of para-hydroxylation sites is 1. The zero-order chi connectivity index (χ0) is 21.3. The van der Waals surface area contributed by atoms with Crippen molar-refractivity contribution in [2.45, 2.75) is 25.2 Å². The summed E-state index contributed by atoms with van der Waals surface area (Å²) in [6, 6.07) is 34.7. The maximum Gasteiger partial charge on any atom is 0.0939 e. The molecule has 2 nitrogen and oxygen atoms in total. The van der Waals surface area contributed by atoms with E-state index in [1.165, 1.54) is 42.6 Å². The molecular weight excluding hydrogens is 408 g/mol. The van der Waals surface area contributed by atoms with Crippen LogP contribution < -0.4 is 0 Å². The number of fused-ring (bicyclic) bond motifs is 5. The van der Waals surface area contributed by atoms with Gasteiger partial charge in [-0.2, -0.15) is 0 Å². The molecule has 6 aromatic rings. The molecule has 0 fully saturated rings. The molecule has 0 saturated heterocycles. The van der Waals surface area contributed by atoms with E-state index in [0.717, 1.165) is 24.8 Å². The number of benzene rings is 4. The Morgan fingerprint density at radius 1 is 0.750 bits per heavy atom. The van der Waals surface area contributed by atoms with Gasteiger partial charge in [-0.05, 0) is 54.5 Å². The number of hydrogen-bond donors (Lipinski definition) is 1. The van der Waals surface area contributed by atoms with Crippen LogP contribution in [0.3, 0.4) is 0 Å². The van der Waals surface area contributed by atoms with Crippen LogP contribution in [-0.2, 0) is 12.8 Å². The van der Waals surface area contributed by atoms with Crippen molar-refractivity contribution < 1.29 is 0 Å². The minimum absolute atomic E-state index is 0.485. The van der Waals surface area contributed by atoms with E-state index in [1.54, 1.807) is 0 Å². The molecule has 2 heterocycles. The van der Waals surface area contributed by atoms with E-state index in [1.807, 2.05) is 11.3 Å². The van der Waals surface area contributed by atoms with Gasteiger partial charge in [-0.15, -0.1) is 11.3 Å². The Kier molecular flexibility index (Phi) is 4.97. The lowest BCUT2D eigenvalue weighted by Crippen LogP contribution is -2.05. The SMILES string of the molecule is c1ccc(CC(CCc2nc3ccc4[nH]c5ccccc5c4c3s2)c2ccccc2)cc1. The van der Waals surface area contributed by atoms with Gasteiger partial charge < -0.3 is 4.98 Å². The molecule has 2 aromatic heterocycles. The predicted octanol–water partition coefficient (Wildman–Crippen LogP) is 7.89. The van der Waals surface area contributed by atoms with E-state index >= 15 is 0 Å². The number of hydrogen-bond acceptors (Lipinski definition) is 2. The number of nitrogens with one attached hydrogen (secondary N) is 1. The Labute approximate surface area is 191 Å². The first-order chi connectivity index (χ1) is 15.8. The molecule has 1 N–H and O–H groups in total. The summed E-state index contributed by atoms with van der Waals surface area (Å²) >= 11 is 1.86. The first kappa shape index (κ1) is 19.3. The van der Waals surface area contributed by atoms with Crippen molar-refractivity contribution in [1.29, 1.82) is 0 Å². The highest BCUT2D eigenvalue weighted by Gasteiger charge is 2.16. The number of aryl methyl sites for hydroxylation is 1. The van der Waals surface area contributed by atoms with Crippen LogP contribution in [0.25, 0.3) is 32.0 Å². The van der Waals surface area contributed by atoms with Crippen LogP contribution in [0.2, 0.25) is 0 Å². The van der Waals surface area contributed by atoms with Gasteiger partial charge in [0, 0.05) is 21.8 Å².